The first-order valence-electron chi connectivity index (χ1n) is 8.11. The summed E-state index contributed by atoms with van der Waals surface area (Å²) in [5, 5.41) is 3.00. The van der Waals surface area contributed by atoms with E-state index in [0.717, 1.165) is 17.9 Å². The molecule has 3 rings (SSSR count). The number of carbonyl (C=O) groups excluding carboxylic acids is 1. The topological polar surface area (TPSA) is 38.3 Å². The highest BCUT2D eigenvalue weighted by Gasteiger charge is 2.40. The standard InChI is InChI=1S/C19H18F3NO2/c20-13-3-1-12(2-4-13)5-8-25-19-16(9-14(21)10-17(19)22)15-11-18(15)23-6-7-24/h1-4,7,9-10,15,18,23H,5-6,8,11H2. The molecule has 6 heteroatoms. The summed E-state index contributed by atoms with van der Waals surface area (Å²) in [6.45, 7) is 0.403. The summed E-state index contributed by atoms with van der Waals surface area (Å²) in [6.07, 6.45) is 1.93. The van der Waals surface area contributed by atoms with Crippen LogP contribution >= 0.6 is 0 Å². The number of hydrogen-bond donors (Lipinski definition) is 1. The summed E-state index contributed by atoms with van der Waals surface area (Å²) in [6, 6.07) is 8.09. The second-order valence-electron chi connectivity index (χ2n) is 6.05. The van der Waals surface area contributed by atoms with E-state index in [1.807, 2.05) is 0 Å². The Labute approximate surface area is 143 Å². The van der Waals surface area contributed by atoms with Gasteiger partial charge in [0.05, 0.1) is 13.2 Å². The highest BCUT2D eigenvalue weighted by Crippen LogP contribution is 2.45. The lowest BCUT2D eigenvalue weighted by molar-refractivity contribution is -0.107. The van der Waals surface area contributed by atoms with Crippen molar-refractivity contribution in [2.75, 3.05) is 13.2 Å². The molecule has 1 aliphatic rings. The van der Waals surface area contributed by atoms with E-state index >= 15 is 0 Å². The van der Waals surface area contributed by atoms with Crippen molar-refractivity contribution in [3.05, 3.63) is 65.0 Å². The molecule has 0 spiro atoms. The van der Waals surface area contributed by atoms with E-state index in [0.29, 0.717) is 18.4 Å². The van der Waals surface area contributed by atoms with Crippen LogP contribution in [0.4, 0.5) is 13.2 Å². The van der Waals surface area contributed by atoms with Crippen molar-refractivity contribution < 1.29 is 22.7 Å². The molecular weight excluding hydrogens is 331 g/mol. The molecule has 0 saturated heterocycles. The third kappa shape index (κ3) is 4.39. The largest absolute Gasteiger partial charge is 0.490 e. The molecule has 1 fully saturated rings. The van der Waals surface area contributed by atoms with Crippen molar-refractivity contribution in [1.29, 1.82) is 0 Å². The van der Waals surface area contributed by atoms with Crippen molar-refractivity contribution in [1.82, 2.24) is 5.32 Å². The average molecular weight is 349 g/mol. The summed E-state index contributed by atoms with van der Waals surface area (Å²) in [5.74, 6) is -1.75. The van der Waals surface area contributed by atoms with Crippen LogP contribution in [0.15, 0.2) is 36.4 Å². The maximum Gasteiger partial charge on any atom is 0.168 e. The Kier molecular flexibility index (Phi) is 5.38. The predicted octanol–water partition coefficient (Wildman–Crippen LogP) is 3.37. The Bertz CT molecular complexity index is 749. The second kappa shape index (κ2) is 7.70. The molecule has 2 atom stereocenters. The number of carbonyl (C=O) groups is 1. The number of halogens is 3. The van der Waals surface area contributed by atoms with E-state index in [2.05, 4.69) is 5.32 Å². The third-order valence-corrected chi connectivity index (χ3v) is 4.24. The van der Waals surface area contributed by atoms with Crippen molar-refractivity contribution in [2.24, 2.45) is 0 Å². The highest BCUT2D eigenvalue weighted by molar-refractivity contribution is 5.52. The Morgan fingerprint density at radius 1 is 1.12 bits per heavy atom. The third-order valence-electron chi connectivity index (χ3n) is 4.24. The number of aldehydes is 1. The molecule has 0 heterocycles. The molecule has 3 nitrogen and oxygen atoms in total. The van der Waals surface area contributed by atoms with Gasteiger partial charge in [0.1, 0.15) is 17.9 Å². The Balaban J connectivity index is 1.68. The molecule has 0 bridgehead atoms. The van der Waals surface area contributed by atoms with Gasteiger partial charge in [-0.25, -0.2) is 13.2 Å². The number of hydrogen-bond acceptors (Lipinski definition) is 3. The van der Waals surface area contributed by atoms with Crippen molar-refractivity contribution in [2.45, 2.75) is 24.8 Å². The zero-order chi connectivity index (χ0) is 17.8. The van der Waals surface area contributed by atoms with E-state index in [1.54, 1.807) is 12.1 Å². The van der Waals surface area contributed by atoms with E-state index in [1.165, 1.54) is 18.2 Å². The lowest BCUT2D eigenvalue weighted by Crippen LogP contribution is -2.20. The molecule has 1 saturated carbocycles. The van der Waals surface area contributed by atoms with E-state index in [4.69, 9.17) is 4.74 Å². The zero-order valence-corrected chi connectivity index (χ0v) is 13.5. The maximum atomic E-state index is 14.2. The lowest BCUT2D eigenvalue weighted by Gasteiger charge is -2.13. The van der Waals surface area contributed by atoms with Gasteiger partial charge in [-0.05, 0) is 30.2 Å². The summed E-state index contributed by atoms with van der Waals surface area (Å²) in [4.78, 5) is 10.4. The molecule has 2 aromatic carbocycles. The number of benzene rings is 2. The van der Waals surface area contributed by atoms with Crippen LogP contribution < -0.4 is 10.1 Å². The molecule has 2 aromatic rings. The van der Waals surface area contributed by atoms with Crippen LogP contribution in [-0.2, 0) is 11.2 Å². The van der Waals surface area contributed by atoms with E-state index in [9.17, 15) is 18.0 Å². The molecule has 0 amide bonds. The first-order valence-corrected chi connectivity index (χ1v) is 8.11. The van der Waals surface area contributed by atoms with E-state index in [-0.39, 0.29) is 36.7 Å². The Morgan fingerprint density at radius 3 is 2.60 bits per heavy atom. The highest BCUT2D eigenvalue weighted by atomic mass is 19.1. The fourth-order valence-electron chi connectivity index (χ4n) is 2.89. The maximum absolute atomic E-state index is 14.2. The predicted molar refractivity (Wildman–Crippen MR) is 87.2 cm³/mol. The van der Waals surface area contributed by atoms with Gasteiger partial charge in [0.25, 0.3) is 0 Å². The quantitative estimate of drug-likeness (QED) is 0.743. The average Bonchev–Trinajstić information content (AvgIpc) is 3.35. The first kappa shape index (κ1) is 17.5. The van der Waals surface area contributed by atoms with Gasteiger partial charge >= 0.3 is 0 Å². The van der Waals surface area contributed by atoms with Crippen LogP contribution in [-0.4, -0.2) is 25.5 Å². The van der Waals surface area contributed by atoms with E-state index < -0.39 is 11.6 Å². The minimum Gasteiger partial charge on any atom is -0.490 e. The van der Waals surface area contributed by atoms with Crippen molar-refractivity contribution in [3.8, 4) is 5.75 Å². The normalized spacial score (nSPS) is 18.8. The van der Waals surface area contributed by atoms with Gasteiger partial charge < -0.3 is 14.8 Å². The molecule has 132 valence electrons. The smallest absolute Gasteiger partial charge is 0.168 e. The Hall–Kier alpha value is -2.34. The van der Waals surface area contributed by atoms with Crippen LogP contribution in [0.5, 0.6) is 5.75 Å². The monoisotopic (exact) mass is 349 g/mol. The van der Waals surface area contributed by atoms with Gasteiger partial charge in [0.2, 0.25) is 0 Å². The van der Waals surface area contributed by atoms with Crippen LogP contribution in [0.3, 0.4) is 0 Å². The van der Waals surface area contributed by atoms with Gasteiger partial charge in [-0.15, -0.1) is 0 Å². The number of rotatable bonds is 8. The first-order chi connectivity index (χ1) is 12.1. The summed E-state index contributed by atoms with van der Waals surface area (Å²) < 4.78 is 46.2. The van der Waals surface area contributed by atoms with Gasteiger partial charge in [-0.2, -0.15) is 0 Å². The van der Waals surface area contributed by atoms with Gasteiger partial charge in [-0.3, -0.25) is 0 Å². The molecule has 25 heavy (non-hydrogen) atoms. The zero-order valence-electron chi connectivity index (χ0n) is 13.5. The summed E-state index contributed by atoms with van der Waals surface area (Å²) in [7, 11) is 0. The summed E-state index contributed by atoms with van der Waals surface area (Å²) in [5.41, 5.74) is 1.34. The minimum absolute atomic E-state index is 0.0193. The molecule has 0 aromatic heterocycles. The van der Waals surface area contributed by atoms with Crippen LogP contribution in [0.1, 0.15) is 23.5 Å². The van der Waals surface area contributed by atoms with Gasteiger partial charge in [0.15, 0.2) is 11.6 Å². The van der Waals surface area contributed by atoms with Crippen molar-refractivity contribution in [3.63, 3.8) is 0 Å². The van der Waals surface area contributed by atoms with Gasteiger partial charge in [0, 0.05) is 30.0 Å². The fourth-order valence-corrected chi connectivity index (χ4v) is 2.89. The van der Waals surface area contributed by atoms with Crippen LogP contribution in [0.25, 0.3) is 0 Å². The van der Waals surface area contributed by atoms with Crippen molar-refractivity contribution >= 4 is 6.29 Å². The minimum atomic E-state index is -0.741. The number of ether oxygens (including phenoxy) is 1. The fraction of sp³-hybridized carbons (Fsp3) is 0.316. The molecule has 1 aliphatic carbocycles. The summed E-state index contributed by atoms with van der Waals surface area (Å²) >= 11 is 0. The SMILES string of the molecule is O=CCNC1CC1c1cc(F)cc(F)c1OCCc1ccc(F)cc1. The lowest BCUT2D eigenvalue weighted by atomic mass is 10.1. The Morgan fingerprint density at radius 2 is 1.88 bits per heavy atom. The molecule has 2 unspecified atom stereocenters. The van der Waals surface area contributed by atoms with Crippen LogP contribution in [0.2, 0.25) is 0 Å². The molecule has 1 N–H and O–H groups in total. The molecule has 0 aliphatic heterocycles. The molecular formula is C19H18F3NO2. The van der Waals surface area contributed by atoms with Crippen LogP contribution in [0, 0.1) is 17.5 Å². The second-order valence-corrected chi connectivity index (χ2v) is 6.05. The number of nitrogens with one attached hydrogen (secondary N) is 1. The van der Waals surface area contributed by atoms with Gasteiger partial charge in [-0.1, -0.05) is 12.1 Å². The molecule has 0 radical (unpaired) electrons.